The van der Waals surface area contributed by atoms with Gasteiger partial charge in [-0.25, -0.2) is 0 Å². The van der Waals surface area contributed by atoms with Crippen molar-refractivity contribution in [2.75, 3.05) is 24.5 Å². The lowest BCUT2D eigenvalue weighted by Crippen LogP contribution is -2.28. The van der Waals surface area contributed by atoms with Crippen LogP contribution in [0, 0.1) is 5.92 Å². The molecule has 19 heavy (non-hydrogen) atoms. The normalized spacial score (nSPS) is 18.8. The van der Waals surface area contributed by atoms with E-state index in [-0.39, 0.29) is 11.8 Å². The number of primary amides is 1. The molecular weight excluding hydrogens is 262 g/mol. The van der Waals surface area contributed by atoms with Crippen LogP contribution in [0.15, 0.2) is 18.2 Å². The van der Waals surface area contributed by atoms with Crippen LogP contribution in [0.25, 0.3) is 0 Å². The monoisotopic (exact) mass is 281 g/mol. The van der Waals surface area contributed by atoms with Crippen molar-refractivity contribution in [1.29, 1.82) is 0 Å². The van der Waals surface area contributed by atoms with Gasteiger partial charge in [0, 0.05) is 19.6 Å². The summed E-state index contributed by atoms with van der Waals surface area (Å²) in [5, 5.41) is 4.05. The molecule has 2 rings (SSSR count). The summed E-state index contributed by atoms with van der Waals surface area (Å²) in [5.74, 6) is -0.286. The fourth-order valence-electron chi connectivity index (χ4n) is 2.51. The lowest BCUT2D eigenvalue weighted by molar-refractivity contribution is -0.121. The van der Waals surface area contributed by atoms with E-state index >= 15 is 0 Å². The van der Waals surface area contributed by atoms with Crippen molar-refractivity contribution in [2.24, 2.45) is 11.7 Å². The number of carbonyl (C=O) groups excluding carboxylic acids is 1. The number of anilines is 1. The molecule has 0 bridgehead atoms. The number of amides is 1. The third kappa shape index (κ3) is 3.19. The van der Waals surface area contributed by atoms with Gasteiger partial charge in [0.15, 0.2) is 0 Å². The Morgan fingerprint density at radius 1 is 1.58 bits per heavy atom. The molecule has 1 saturated heterocycles. The summed E-state index contributed by atoms with van der Waals surface area (Å²) >= 11 is 6.33. The van der Waals surface area contributed by atoms with Crippen molar-refractivity contribution in [3.8, 4) is 0 Å². The van der Waals surface area contributed by atoms with Crippen LogP contribution in [0.1, 0.15) is 18.9 Å². The van der Waals surface area contributed by atoms with Gasteiger partial charge in [-0.05, 0) is 24.6 Å². The summed E-state index contributed by atoms with van der Waals surface area (Å²) in [4.78, 5) is 13.4. The van der Waals surface area contributed by atoms with Gasteiger partial charge >= 0.3 is 0 Å². The highest BCUT2D eigenvalue weighted by molar-refractivity contribution is 6.33. The van der Waals surface area contributed by atoms with Gasteiger partial charge in [-0.3, -0.25) is 4.79 Å². The van der Waals surface area contributed by atoms with Crippen LogP contribution in [-0.4, -0.2) is 25.5 Å². The van der Waals surface area contributed by atoms with Crippen molar-refractivity contribution >= 4 is 23.2 Å². The Kier molecular flexibility index (Phi) is 4.66. The molecular formula is C14H20ClN3O. The molecule has 0 aliphatic carbocycles. The van der Waals surface area contributed by atoms with E-state index in [0.717, 1.165) is 36.8 Å². The Labute approximate surface area is 118 Å². The summed E-state index contributed by atoms with van der Waals surface area (Å²) in [6.07, 6.45) is 0.807. The summed E-state index contributed by atoms with van der Waals surface area (Å²) in [5.41, 5.74) is 7.59. The maximum absolute atomic E-state index is 11.3. The average Bonchev–Trinajstić information content (AvgIpc) is 2.85. The highest BCUT2D eigenvalue weighted by atomic mass is 35.5. The average molecular weight is 282 g/mol. The Balaban J connectivity index is 2.21. The van der Waals surface area contributed by atoms with Gasteiger partial charge in [0.2, 0.25) is 5.91 Å². The van der Waals surface area contributed by atoms with E-state index in [4.69, 9.17) is 17.3 Å². The fourth-order valence-corrected chi connectivity index (χ4v) is 2.83. The number of halogens is 1. The predicted molar refractivity (Wildman–Crippen MR) is 78.3 cm³/mol. The molecule has 0 saturated carbocycles. The number of hydrogen-bond acceptors (Lipinski definition) is 3. The van der Waals surface area contributed by atoms with E-state index in [0.29, 0.717) is 6.54 Å². The molecule has 0 radical (unpaired) electrons. The maximum Gasteiger partial charge on any atom is 0.222 e. The second-order valence-corrected chi connectivity index (χ2v) is 5.27. The number of rotatable bonds is 5. The Bertz CT molecular complexity index is 464. The third-order valence-electron chi connectivity index (χ3n) is 3.54. The van der Waals surface area contributed by atoms with Crippen LogP contribution in [0.5, 0.6) is 0 Å². The van der Waals surface area contributed by atoms with Crippen LogP contribution in [0.3, 0.4) is 0 Å². The summed E-state index contributed by atoms with van der Waals surface area (Å²) in [7, 11) is 0. The first-order valence-corrected chi connectivity index (χ1v) is 7.03. The molecule has 5 heteroatoms. The molecule has 1 heterocycles. The maximum atomic E-state index is 11.3. The Morgan fingerprint density at radius 3 is 3.00 bits per heavy atom. The first-order valence-electron chi connectivity index (χ1n) is 6.65. The summed E-state index contributed by atoms with van der Waals surface area (Å²) < 4.78 is 0. The molecule has 1 fully saturated rings. The third-order valence-corrected chi connectivity index (χ3v) is 3.85. The van der Waals surface area contributed by atoms with Crippen molar-refractivity contribution < 1.29 is 4.79 Å². The summed E-state index contributed by atoms with van der Waals surface area (Å²) in [6, 6.07) is 5.92. The number of benzene rings is 1. The van der Waals surface area contributed by atoms with E-state index in [1.807, 2.05) is 12.1 Å². The zero-order valence-electron chi connectivity index (χ0n) is 11.2. The topological polar surface area (TPSA) is 58.4 Å². The molecule has 1 aromatic carbocycles. The standard InChI is InChI=1S/C14H20ClN3O/c1-2-17-8-10-4-3-5-12(15)13(10)18-7-6-11(9-18)14(16)19/h3-5,11,17H,2,6-9H2,1H3,(H2,16,19). The van der Waals surface area contributed by atoms with Crippen LogP contribution in [0.2, 0.25) is 5.02 Å². The van der Waals surface area contributed by atoms with Gasteiger partial charge in [0.05, 0.1) is 16.6 Å². The van der Waals surface area contributed by atoms with Gasteiger partial charge in [0.1, 0.15) is 0 Å². The molecule has 0 spiro atoms. The number of nitrogens with zero attached hydrogens (tertiary/aromatic N) is 1. The second kappa shape index (κ2) is 6.26. The highest BCUT2D eigenvalue weighted by Gasteiger charge is 2.28. The van der Waals surface area contributed by atoms with Crippen LogP contribution in [0.4, 0.5) is 5.69 Å². The van der Waals surface area contributed by atoms with Gasteiger partial charge in [0.25, 0.3) is 0 Å². The number of hydrogen-bond donors (Lipinski definition) is 2. The van der Waals surface area contributed by atoms with E-state index in [1.54, 1.807) is 0 Å². The molecule has 1 amide bonds. The molecule has 104 valence electrons. The zero-order chi connectivity index (χ0) is 13.8. The van der Waals surface area contributed by atoms with E-state index in [9.17, 15) is 4.79 Å². The minimum absolute atomic E-state index is 0.0664. The van der Waals surface area contributed by atoms with Crippen molar-refractivity contribution in [3.63, 3.8) is 0 Å². The molecule has 1 aromatic rings. The van der Waals surface area contributed by atoms with Crippen molar-refractivity contribution in [2.45, 2.75) is 19.9 Å². The number of nitrogens with two attached hydrogens (primary N) is 1. The van der Waals surface area contributed by atoms with Crippen LogP contribution >= 0.6 is 11.6 Å². The van der Waals surface area contributed by atoms with Crippen molar-refractivity contribution in [3.05, 3.63) is 28.8 Å². The van der Waals surface area contributed by atoms with Crippen molar-refractivity contribution in [1.82, 2.24) is 5.32 Å². The van der Waals surface area contributed by atoms with E-state index in [1.165, 1.54) is 5.56 Å². The molecule has 1 aliphatic rings. The Hall–Kier alpha value is -1.26. The summed E-state index contributed by atoms with van der Waals surface area (Å²) in [6.45, 7) is 5.26. The molecule has 4 nitrogen and oxygen atoms in total. The van der Waals surface area contributed by atoms with Crippen LogP contribution in [-0.2, 0) is 11.3 Å². The number of carbonyl (C=O) groups is 1. The van der Waals surface area contributed by atoms with Gasteiger partial charge in [-0.2, -0.15) is 0 Å². The lowest BCUT2D eigenvalue weighted by atomic mass is 10.1. The van der Waals surface area contributed by atoms with E-state index < -0.39 is 0 Å². The van der Waals surface area contributed by atoms with E-state index in [2.05, 4.69) is 23.2 Å². The number of nitrogens with one attached hydrogen (secondary N) is 1. The minimum atomic E-state index is -0.220. The van der Waals surface area contributed by atoms with Gasteiger partial charge in [-0.15, -0.1) is 0 Å². The quantitative estimate of drug-likeness (QED) is 0.865. The zero-order valence-corrected chi connectivity index (χ0v) is 11.9. The van der Waals surface area contributed by atoms with Gasteiger partial charge in [-0.1, -0.05) is 30.7 Å². The lowest BCUT2D eigenvalue weighted by Gasteiger charge is -2.23. The molecule has 0 aromatic heterocycles. The SMILES string of the molecule is CCNCc1cccc(Cl)c1N1CCC(C(N)=O)C1. The largest absolute Gasteiger partial charge is 0.369 e. The highest BCUT2D eigenvalue weighted by Crippen LogP contribution is 2.33. The molecule has 3 N–H and O–H groups in total. The Morgan fingerprint density at radius 2 is 2.37 bits per heavy atom. The molecule has 1 aliphatic heterocycles. The predicted octanol–water partition coefficient (Wildman–Crippen LogP) is 1.76. The fraction of sp³-hybridized carbons (Fsp3) is 0.500. The first-order chi connectivity index (χ1) is 9.13. The van der Waals surface area contributed by atoms with Gasteiger partial charge < -0.3 is 16.0 Å². The number of para-hydroxylation sites is 1. The van der Waals surface area contributed by atoms with Crippen LogP contribution < -0.4 is 16.0 Å². The minimum Gasteiger partial charge on any atom is -0.369 e. The first kappa shape index (κ1) is 14.2. The second-order valence-electron chi connectivity index (χ2n) is 4.86. The molecule has 1 unspecified atom stereocenters. The smallest absolute Gasteiger partial charge is 0.222 e. The molecule has 1 atom stereocenters.